The van der Waals surface area contributed by atoms with Gasteiger partial charge in [0.05, 0.1) is 4.91 Å². The maximum Gasteiger partial charge on any atom is 0.303 e. The molecule has 0 radical (unpaired) electrons. The lowest BCUT2D eigenvalue weighted by Gasteiger charge is -2.13. The van der Waals surface area contributed by atoms with E-state index in [1.807, 2.05) is 24.4 Å². The van der Waals surface area contributed by atoms with Crippen molar-refractivity contribution in [1.29, 1.82) is 0 Å². The molecule has 20 heavy (non-hydrogen) atoms. The molecule has 0 spiro atoms. The van der Waals surface area contributed by atoms with E-state index in [1.165, 1.54) is 16.7 Å². The number of thiocarbonyl (C=S) groups is 1. The molecular weight excluding hydrogens is 314 g/mol. The van der Waals surface area contributed by atoms with E-state index >= 15 is 0 Å². The van der Waals surface area contributed by atoms with E-state index in [9.17, 15) is 9.59 Å². The molecule has 0 bridgehead atoms. The number of thiophene rings is 1. The maximum absolute atomic E-state index is 12.2. The van der Waals surface area contributed by atoms with Crippen LogP contribution in [-0.4, -0.2) is 32.7 Å². The number of carbonyl (C=O) groups is 2. The molecule has 106 valence electrons. The number of thioether (sulfide) groups is 1. The Kier molecular flexibility index (Phi) is 4.95. The molecule has 1 aromatic rings. The molecule has 1 aliphatic rings. The van der Waals surface area contributed by atoms with Crippen molar-refractivity contribution in [1.82, 2.24) is 4.90 Å². The molecule has 0 unspecified atom stereocenters. The van der Waals surface area contributed by atoms with E-state index in [2.05, 4.69) is 0 Å². The molecule has 1 N–H and O–H groups in total. The van der Waals surface area contributed by atoms with Crippen LogP contribution in [0.3, 0.4) is 0 Å². The van der Waals surface area contributed by atoms with Gasteiger partial charge in [-0.25, -0.2) is 0 Å². The fourth-order valence-electron chi connectivity index (χ4n) is 1.73. The van der Waals surface area contributed by atoms with Gasteiger partial charge in [-0.2, -0.15) is 0 Å². The summed E-state index contributed by atoms with van der Waals surface area (Å²) in [6.07, 6.45) is 2.31. The lowest BCUT2D eigenvalue weighted by molar-refractivity contribution is -0.137. The van der Waals surface area contributed by atoms with Gasteiger partial charge >= 0.3 is 5.97 Å². The van der Waals surface area contributed by atoms with Crippen molar-refractivity contribution in [2.75, 3.05) is 6.54 Å². The quantitative estimate of drug-likeness (QED) is 0.665. The van der Waals surface area contributed by atoms with Crippen LogP contribution in [0.5, 0.6) is 0 Å². The number of aryl methyl sites for hydroxylation is 1. The van der Waals surface area contributed by atoms with Gasteiger partial charge in [-0.15, -0.1) is 11.3 Å². The molecule has 0 aliphatic carbocycles. The van der Waals surface area contributed by atoms with Crippen molar-refractivity contribution < 1.29 is 14.7 Å². The number of rotatable bonds is 5. The lowest BCUT2D eigenvalue weighted by Crippen LogP contribution is -2.29. The minimum absolute atomic E-state index is 0.0418. The summed E-state index contributed by atoms with van der Waals surface area (Å²) in [7, 11) is 0. The van der Waals surface area contributed by atoms with E-state index in [-0.39, 0.29) is 12.3 Å². The fraction of sp³-hybridized carbons (Fsp3) is 0.308. The highest BCUT2D eigenvalue weighted by Crippen LogP contribution is 2.34. The molecule has 0 aromatic carbocycles. The Hall–Kier alpha value is -1.18. The Morgan fingerprint density at radius 2 is 2.30 bits per heavy atom. The van der Waals surface area contributed by atoms with E-state index in [4.69, 9.17) is 17.3 Å². The van der Waals surface area contributed by atoms with Crippen LogP contribution in [0.25, 0.3) is 6.08 Å². The average molecular weight is 327 g/mol. The number of carboxylic acids is 1. The van der Waals surface area contributed by atoms with Crippen LogP contribution in [0, 0.1) is 6.92 Å². The minimum Gasteiger partial charge on any atom is -0.481 e. The molecule has 4 nitrogen and oxygen atoms in total. The fourth-order valence-corrected chi connectivity index (χ4v) is 3.96. The van der Waals surface area contributed by atoms with Crippen molar-refractivity contribution in [2.45, 2.75) is 19.8 Å². The molecule has 7 heteroatoms. The SMILES string of the molecule is Cc1ccsc1/C=C1/SC(=S)N(CCCC(=O)O)C1=O. The van der Waals surface area contributed by atoms with Gasteiger partial charge in [0.25, 0.3) is 5.91 Å². The van der Waals surface area contributed by atoms with Gasteiger partial charge in [0.2, 0.25) is 0 Å². The first kappa shape index (κ1) is 15.2. The zero-order valence-electron chi connectivity index (χ0n) is 10.8. The van der Waals surface area contributed by atoms with Gasteiger partial charge < -0.3 is 5.11 Å². The number of amides is 1. The third-order valence-corrected chi connectivity index (χ3v) is 5.15. The lowest BCUT2D eigenvalue weighted by atomic mass is 10.2. The third-order valence-electron chi connectivity index (χ3n) is 2.81. The summed E-state index contributed by atoms with van der Waals surface area (Å²) in [6, 6.07) is 2.00. The first-order valence-corrected chi connectivity index (χ1v) is 8.10. The number of aliphatic carboxylic acids is 1. The second kappa shape index (κ2) is 6.51. The van der Waals surface area contributed by atoms with E-state index < -0.39 is 5.97 Å². The Labute approximate surface area is 130 Å². The average Bonchev–Trinajstić information content (AvgIpc) is 2.88. The van der Waals surface area contributed by atoms with Gasteiger partial charge in [0.1, 0.15) is 4.32 Å². The Morgan fingerprint density at radius 3 is 2.90 bits per heavy atom. The summed E-state index contributed by atoms with van der Waals surface area (Å²) in [6.45, 7) is 2.35. The van der Waals surface area contributed by atoms with Crippen LogP contribution in [0.1, 0.15) is 23.3 Å². The van der Waals surface area contributed by atoms with E-state index in [1.54, 1.807) is 11.3 Å². The van der Waals surface area contributed by atoms with Gasteiger partial charge in [0, 0.05) is 17.8 Å². The molecule has 2 heterocycles. The van der Waals surface area contributed by atoms with E-state index in [0.29, 0.717) is 22.2 Å². The van der Waals surface area contributed by atoms with Gasteiger partial charge in [0.15, 0.2) is 0 Å². The topological polar surface area (TPSA) is 57.6 Å². The van der Waals surface area contributed by atoms with Crippen LogP contribution in [0.15, 0.2) is 16.4 Å². The number of carbonyl (C=O) groups excluding carboxylic acids is 1. The van der Waals surface area contributed by atoms with Crippen LogP contribution in [0.4, 0.5) is 0 Å². The maximum atomic E-state index is 12.2. The predicted molar refractivity (Wildman–Crippen MR) is 85.8 cm³/mol. The first-order chi connectivity index (χ1) is 9.49. The zero-order chi connectivity index (χ0) is 14.7. The second-order valence-electron chi connectivity index (χ2n) is 4.30. The highest BCUT2D eigenvalue weighted by atomic mass is 32.2. The zero-order valence-corrected chi connectivity index (χ0v) is 13.2. The van der Waals surface area contributed by atoms with Crippen LogP contribution < -0.4 is 0 Å². The standard InChI is InChI=1S/C13H13NO3S3/c1-8-4-6-19-9(8)7-10-12(17)14(13(18)20-10)5-2-3-11(15)16/h4,6-7H,2-3,5H2,1H3,(H,15,16)/b10-7+. The summed E-state index contributed by atoms with van der Waals surface area (Å²) in [5, 5.41) is 10.6. The van der Waals surface area contributed by atoms with Gasteiger partial charge in [-0.05, 0) is 36.4 Å². The van der Waals surface area contributed by atoms with Gasteiger partial charge in [-0.3, -0.25) is 14.5 Å². The highest BCUT2D eigenvalue weighted by molar-refractivity contribution is 8.26. The minimum atomic E-state index is -0.861. The largest absolute Gasteiger partial charge is 0.481 e. The van der Waals surface area contributed by atoms with Crippen LogP contribution >= 0.6 is 35.3 Å². The molecule has 0 atom stereocenters. The van der Waals surface area contributed by atoms with Crippen molar-refractivity contribution in [3.63, 3.8) is 0 Å². The highest BCUT2D eigenvalue weighted by Gasteiger charge is 2.31. The Balaban J connectivity index is 2.07. The molecule has 1 aromatic heterocycles. The molecular formula is C13H13NO3S3. The predicted octanol–water partition coefficient (Wildman–Crippen LogP) is 3.12. The van der Waals surface area contributed by atoms with Gasteiger partial charge in [-0.1, -0.05) is 24.0 Å². The molecule has 1 amide bonds. The molecule has 1 fully saturated rings. The number of carboxylic acid groups (broad SMARTS) is 1. The number of hydrogen-bond acceptors (Lipinski definition) is 5. The van der Waals surface area contributed by atoms with Crippen molar-refractivity contribution in [2.24, 2.45) is 0 Å². The van der Waals surface area contributed by atoms with Crippen molar-refractivity contribution in [3.05, 3.63) is 26.8 Å². The molecule has 0 saturated carbocycles. The Bertz CT molecular complexity index is 591. The number of hydrogen-bond donors (Lipinski definition) is 1. The summed E-state index contributed by atoms with van der Waals surface area (Å²) in [4.78, 5) is 25.9. The summed E-state index contributed by atoms with van der Waals surface area (Å²) in [5.74, 6) is -0.988. The summed E-state index contributed by atoms with van der Waals surface area (Å²) in [5.41, 5.74) is 1.13. The monoisotopic (exact) mass is 327 g/mol. The normalized spacial score (nSPS) is 17.2. The number of nitrogens with zero attached hydrogens (tertiary/aromatic N) is 1. The summed E-state index contributed by atoms with van der Waals surface area (Å²) < 4.78 is 0.501. The smallest absolute Gasteiger partial charge is 0.303 e. The van der Waals surface area contributed by atoms with Crippen molar-refractivity contribution >= 4 is 57.6 Å². The van der Waals surface area contributed by atoms with E-state index in [0.717, 1.165) is 10.4 Å². The molecule has 1 saturated heterocycles. The molecule has 2 rings (SSSR count). The van der Waals surface area contributed by atoms with Crippen LogP contribution in [-0.2, 0) is 9.59 Å². The summed E-state index contributed by atoms with van der Waals surface area (Å²) >= 11 is 8.04. The first-order valence-electron chi connectivity index (χ1n) is 6.00. The molecule has 1 aliphatic heterocycles. The second-order valence-corrected chi connectivity index (χ2v) is 6.92. The van der Waals surface area contributed by atoms with Crippen LogP contribution in [0.2, 0.25) is 0 Å². The van der Waals surface area contributed by atoms with Crippen molar-refractivity contribution in [3.8, 4) is 0 Å². The third kappa shape index (κ3) is 3.47. The Morgan fingerprint density at radius 1 is 1.55 bits per heavy atom.